The Balaban J connectivity index is 0.000000251. The van der Waals surface area contributed by atoms with Gasteiger partial charge < -0.3 is 43.0 Å². The Hall–Kier alpha value is -7.40. The molecule has 0 amide bonds. The van der Waals surface area contributed by atoms with E-state index in [1.165, 1.54) is 35.5 Å². The molecule has 0 unspecified atom stereocenters. The summed E-state index contributed by atoms with van der Waals surface area (Å²) >= 11 is 0. The fourth-order valence-electron chi connectivity index (χ4n) is 6.46. The molecular formula is C49H52O17. The Bertz CT molecular complexity index is 2330. The maximum atomic E-state index is 13.0. The van der Waals surface area contributed by atoms with Crippen LogP contribution in [0.1, 0.15) is 115 Å². The lowest BCUT2D eigenvalue weighted by atomic mass is 9.84. The second kappa shape index (κ2) is 25.8. The van der Waals surface area contributed by atoms with Crippen molar-refractivity contribution < 1.29 is 81.4 Å². The van der Waals surface area contributed by atoms with Gasteiger partial charge in [0.2, 0.25) is 0 Å². The minimum atomic E-state index is -0.316. The van der Waals surface area contributed by atoms with E-state index >= 15 is 0 Å². The first-order valence-corrected chi connectivity index (χ1v) is 20.9. The number of aliphatic hydroxyl groups excluding tert-OH is 1. The van der Waals surface area contributed by atoms with Crippen molar-refractivity contribution >= 4 is 47.0 Å². The third-order valence-electron chi connectivity index (χ3n) is 9.99. The lowest BCUT2D eigenvalue weighted by Crippen LogP contribution is -2.21. The van der Waals surface area contributed by atoms with Crippen LogP contribution in [0.4, 0.5) is 0 Å². The number of hydrogen-bond donors (Lipinski definition) is 1. The topological polar surface area (TPSA) is 231 Å². The second-order valence-electron chi connectivity index (χ2n) is 14.3. The quantitative estimate of drug-likeness (QED) is 0.0570. The van der Waals surface area contributed by atoms with E-state index in [-0.39, 0.29) is 97.2 Å². The number of methoxy groups -OCH3 is 5. The standard InChI is InChI=1S/C24H24O8.C20H18O6.C5H10O3/c1-29-21(25)5-3-11-31-15-7-9-17-19(13-15)23(27)18-10-8-16(14-20(18)24(17)28)32-12-4-6-22(26)30-2;1-24-12-5-7-14-16(10-12)19(22)15-8-6-13(11-17(15)20(14)23)26-9-3-4-18(21)25-2;1-8-5(7)3-2-4-6/h7-10,13-14H,3-6,11-12H2,1-2H3;5-8,10-11H,3-4,9H2,1-2H3;6H,2-4H2,1H3. The third kappa shape index (κ3) is 14.0. The van der Waals surface area contributed by atoms with Crippen LogP contribution in [-0.2, 0) is 38.1 Å². The van der Waals surface area contributed by atoms with Crippen LogP contribution < -0.4 is 18.9 Å². The smallest absolute Gasteiger partial charge is 0.305 e. The molecule has 66 heavy (non-hydrogen) atoms. The normalized spacial score (nSPS) is 11.7. The number of aliphatic hydroxyl groups is 1. The predicted molar refractivity (Wildman–Crippen MR) is 235 cm³/mol. The number of esters is 4. The van der Waals surface area contributed by atoms with E-state index in [2.05, 4.69) is 18.9 Å². The first-order chi connectivity index (χ1) is 31.8. The zero-order valence-electron chi connectivity index (χ0n) is 37.4. The maximum absolute atomic E-state index is 13.0. The molecule has 0 bridgehead atoms. The molecule has 0 atom stereocenters. The van der Waals surface area contributed by atoms with Gasteiger partial charge in [0, 0.05) is 76.8 Å². The van der Waals surface area contributed by atoms with Crippen molar-refractivity contribution in [2.24, 2.45) is 0 Å². The Kier molecular flexibility index (Phi) is 20.0. The number of fused-ring (bicyclic) bond motifs is 4. The van der Waals surface area contributed by atoms with Crippen LogP contribution in [0, 0.1) is 0 Å². The fraction of sp³-hybridized carbons (Fsp3) is 0.347. The van der Waals surface area contributed by atoms with Gasteiger partial charge in [-0.2, -0.15) is 0 Å². The summed E-state index contributed by atoms with van der Waals surface area (Å²) in [5.74, 6) is -0.280. The van der Waals surface area contributed by atoms with E-state index in [1.54, 1.807) is 72.8 Å². The predicted octanol–water partition coefficient (Wildman–Crippen LogP) is 5.86. The van der Waals surface area contributed by atoms with Crippen LogP contribution in [0.2, 0.25) is 0 Å². The molecule has 1 N–H and O–H groups in total. The molecule has 0 heterocycles. The summed E-state index contributed by atoms with van der Waals surface area (Å²) in [6, 6.07) is 19.1. The van der Waals surface area contributed by atoms with Crippen LogP contribution in [-0.4, -0.2) is 114 Å². The van der Waals surface area contributed by atoms with Crippen LogP contribution >= 0.6 is 0 Å². The summed E-state index contributed by atoms with van der Waals surface area (Å²) < 4.78 is 40.0. The summed E-state index contributed by atoms with van der Waals surface area (Å²) in [5.41, 5.74) is 2.51. The van der Waals surface area contributed by atoms with Gasteiger partial charge in [-0.25, -0.2) is 0 Å². The van der Waals surface area contributed by atoms with Crippen molar-refractivity contribution in [3.05, 3.63) is 117 Å². The van der Waals surface area contributed by atoms with E-state index in [4.69, 9.17) is 24.1 Å². The fourth-order valence-corrected chi connectivity index (χ4v) is 6.46. The first kappa shape index (κ1) is 51.2. The Morgan fingerprint density at radius 1 is 0.379 bits per heavy atom. The lowest BCUT2D eigenvalue weighted by molar-refractivity contribution is -0.141. The number of hydrogen-bond acceptors (Lipinski definition) is 17. The van der Waals surface area contributed by atoms with Crippen molar-refractivity contribution in [3.8, 4) is 23.0 Å². The molecule has 0 aromatic heterocycles. The summed E-state index contributed by atoms with van der Waals surface area (Å²) in [6.45, 7) is 0.922. The summed E-state index contributed by atoms with van der Waals surface area (Å²) in [6.07, 6.45) is 2.98. The van der Waals surface area contributed by atoms with E-state index in [0.717, 1.165) is 0 Å². The number of carbonyl (C=O) groups is 8. The molecule has 2 aliphatic rings. The van der Waals surface area contributed by atoms with E-state index < -0.39 is 0 Å². The highest BCUT2D eigenvalue weighted by molar-refractivity contribution is 6.29. The number of ether oxygens (including phenoxy) is 8. The summed E-state index contributed by atoms with van der Waals surface area (Å²) in [5, 5.41) is 8.20. The zero-order chi connectivity index (χ0) is 48.2. The lowest BCUT2D eigenvalue weighted by Gasteiger charge is -2.19. The van der Waals surface area contributed by atoms with Gasteiger partial charge in [-0.1, -0.05) is 0 Å². The first-order valence-electron chi connectivity index (χ1n) is 20.9. The molecule has 17 nitrogen and oxygen atoms in total. The van der Waals surface area contributed by atoms with Gasteiger partial charge in [0.1, 0.15) is 23.0 Å². The molecule has 0 radical (unpaired) electrons. The molecule has 2 aliphatic carbocycles. The summed E-state index contributed by atoms with van der Waals surface area (Å²) in [7, 11) is 6.83. The third-order valence-corrected chi connectivity index (χ3v) is 9.99. The maximum Gasteiger partial charge on any atom is 0.305 e. The average molecular weight is 913 g/mol. The van der Waals surface area contributed by atoms with Gasteiger partial charge in [-0.3, -0.25) is 38.4 Å². The van der Waals surface area contributed by atoms with Crippen LogP contribution in [0.25, 0.3) is 0 Å². The van der Waals surface area contributed by atoms with Crippen molar-refractivity contribution in [2.45, 2.75) is 51.4 Å². The molecule has 4 aromatic carbocycles. The minimum absolute atomic E-state index is 0.0507. The second-order valence-corrected chi connectivity index (χ2v) is 14.3. The van der Waals surface area contributed by atoms with E-state index in [0.29, 0.717) is 95.1 Å². The molecule has 4 aromatic rings. The van der Waals surface area contributed by atoms with Gasteiger partial charge in [0.05, 0.1) is 55.4 Å². The Morgan fingerprint density at radius 2 is 0.636 bits per heavy atom. The summed E-state index contributed by atoms with van der Waals surface area (Å²) in [4.78, 5) is 95.1. The molecule has 0 saturated carbocycles. The molecule has 0 saturated heterocycles. The van der Waals surface area contributed by atoms with Crippen LogP contribution in [0.3, 0.4) is 0 Å². The molecular weight excluding hydrogens is 861 g/mol. The average Bonchev–Trinajstić information content (AvgIpc) is 3.35. The molecule has 17 heteroatoms. The molecule has 0 fully saturated rings. The van der Waals surface area contributed by atoms with Gasteiger partial charge in [0.15, 0.2) is 23.1 Å². The van der Waals surface area contributed by atoms with Gasteiger partial charge >= 0.3 is 23.9 Å². The molecule has 6 rings (SSSR count). The van der Waals surface area contributed by atoms with Gasteiger partial charge in [0.25, 0.3) is 0 Å². The van der Waals surface area contributed by atoms with Crippen molar-refractivity contribution in [1.29, 1.82) is 0 Å². The molecule has 0 aliphatic heterocycles. The zero-order valence-corrected chi connectivity index (χ0v) is 37.4. The SMILES string of the molecule is COC(=O)CCCO.COC(=O)CCCOc1ccc2c(c1)C(=O)c1ccc(OC)cc1C2=O.COC(=O)CCCOc1ccc2c(c1)C(=O)c1ccc(OCCCC(=O)OC)cc1C2=O. The largest absolute Gasteiger partial charge is 0.497 e. The number of benzene rings is 4. The highest BCUT2D eigenvalue weighted by Crippen LogP contribution is 2.33. The van der Waals surface area contributed by atoms with Crippen molar-refractivity contribution in [1.82, 2.24) is 0 Å². The molecule has 0 spiro atoms. The van der Waals surface area contributed by atoms with Crippen molar-refractivity contribution in [3.63, 3.8) is 0 Å². The monoisotopic (exact) mass is 912 g/mol. The van der Waals surface area contributed by atoms with Crippen molar-refractivity contribution in [2.75, 3.05) is 62.0 Å². The number of ketones is 4. The number of rotatable bonds is 19. The Morgan fingerprint density at radius 3 is 0.894 bits per heavy atom. The van der Waals surface area contributed by atoms with E-state index in [9.17, 15) is 38.4 Å². The van der Waals surface area contributed by atoms with Crippen LogP contribution in [0.15, 0.2) is 72.8 Å². The van der Waals surface area contributed by atoms with E-state index in [1.807, 2.05) is 0 Å². The highest BCUT2D eigenvalue weighted by Gasteiger charge is 2.32. The van der Waals surface area contributed by atoms with Gasteiger partial charge in [-0.15, -0.1) is 0 Å². The number of carbonyl (C=O) groups excluding carboxylic acids is 8. The molecule has 350 valence electrons. The minimum Gasteiger partial charge on any atom is -0.497 e. The highest BCUT2D eigenvalue weighted by atomic mass is 16.5. The Labute approximate surface area is 381 Å². The van der Waals surface area contributed by atoms with Gasteiger partial charge in [-0.05, 0) is 98.5 Å². The van der Waals surface area contributed by atoms with Crippen LogP contribution in [0.5, 0.6) is 23.0 Å².